The molecule has 0 spiro atoms. The van der Waals surface area contributed by atoms with E-state index in [4.69, 9.17) is 4.74 Å². The molecular weight excluding hydrogens is 596 g/mol. The number of nitrogens with zero attached hydrogens (tertiary/aromatic N) is 4. The molecule has 0 aliphatic carbocycles. The summed E-state index contributed by atoms with van der Waals surface area (Å²) in [5.41, 5.74) is 1.28. The molecule has 0 amide bonds. The third-order valence-electron chi connectivity index (χ3n) is 6.51. The molecule has 0 saturated heterocycles. The molecule has 0 aliphatic heterocycles. The van der Waals surface area contributed by atoms with Crippen LogP contribution in [0.3, 0.4) is 0 Å². The van der Waals surface area contributed by atoms with Crippen molar-refractivity contribution in [3.63, 3.8) is 0 Å². The van der Waals surface area contributed by atoms with Gasteiger partial charge in [-0.1, -0.05) is 0 Å². The standard InChI is InChI=1S/C29H17F6N5O2S/c30-16-6-22(31)20(23(32)7-16)12-40-13-38-27(41)19-9-18(2-4-25(19)40)42-28-21(29(33,34)35)5-15(11-37-28)10-36-17-1-3-24-26(8-17)43-14-39-24/h1-9,11,13-14,36H,10,12H2. The monoisotopic (exact) mass is 613 g/mol. The van der Waals surface area contributed by atoms with E-state index in [1.807, 2.05) is 6.07 Å². The predicted octanol–water partition coefficient (Wildman–Crippen LogP) is 7.29. The van der Waals surface area contributed by atoms with Crippen molar-refractivity contribution in [2.24, 2.45) is 0 Å². The Morgan fingerprint density at radius 1 is 0.930 bits per heavy atom. The van der Waals surface area contributed by atoms with E-state index in [0.29, 0.717) is 17.8 Å². The summed E-state index contributed by atoms with van der Waals surface area (Å²) in [5.74, 6) is -4.23. The van der Waals surface area contributed by atoms with E-state index in [0.717, 1.165) is 28.7 Å². The van der Waals surface area contributed by atoms with E-state index >= 15 is 0 Å². The molecular formula is C29H17F6N5O2S. The number of hydrogen-bond donors (Lipinski definition) is 1. The first-order chi connectivity index (χ1) is 20.5. The summed E-state index contributed by atoms with van der Waals surface area (Å²) in [4.78, 5) is 24.3. The lowest BCUT2D eigenvalue weighted by Gasteiger charge is -2.16. The van der Waals surface area contributed by atoms with Crippen molar-refractivity contribution in [2.45, 2.75) is 19.3 Å². The second-order valence-electron chi connectivity index (χ2n) is 9.39. The molecule has 14 heteroatoms. The number of rotatable bonds is 7. The number of nitrogens with one attached hydrogen (secondary N) is 1. The van der Waals surface area contributed by atoms with Crippen molar-refractivity contribution in [3.8, 4) is 11.6 Å². The van der Waals surface area contributed by atoms with Crippen LogP contribution < -0.4 is 15.6 Å². The Balaban J connectivity index is 1.27. The maximum atomic E-state index is 14.2. The molecule has 0 radical (unpaired) electrons. The molecule has 0 atom stereocenters. The van der Waals surface area contributed by atoms with E-state index in [1.165, 1.54) is 34.2 Å². The van der Waals surface area contributed by atoms with Crippen molar-refractivity contribution >= 4 is 38.1 Å². The number of halogens is 6. The zero-order chi connectivity index (χ0) is 30.3. The minimum Gasteiger partial charge on any atom is -0.438 e. The van der Waals surface area contributed by atoms with Crippen LogP contribution in [0.4, 0.5) is 32.0 Å². The fourth-order valence-corrected chi connectivity index (χ4v) is 5.15. The zero-order valence-electron chi connectivity index (χ0n) is 21.6. The first-order valence-electron chi connectivity index (χ1n) is 12.5. The molecule has 0 saturated carbocycles. The van der Waals surface area contributed by atoms with Crippen molar-refractivity contribution in [1.29, 1.82) is 0 Å². The van der Waals surface area contributed by atoms with Crippen LogP contribution in [0.15, 0.2) is 77.4 Å². The highest BCUT2D eigenvalue weighted by atomic mass is 32.1. The third-order valence-corrected chi connectivity index (χ3v) is 7.30. The highest BCUT2D eigenvalue weighted by molar-refractivity contribution is 7.16. The normalized spacial score (nSPS) is 11.8. The Bertz CT molecular complexity index is 2040. The van der Waals surface area contributed by atoms with Gasteiger partial charge in [-0.3, -0.25) is 4.79 Å². The number of fused-ring (bicyclic) bond motifs is 2. The topological polar surface area (TPSA) is 81.9 Å². The molecule has 3 aromatic carbocycles. The van der Waals surface area contributed by atoms with Gasteiger partial charge in [0.05, 0.1) is 39.5 Å². The molecule has 6 rings (SSSR count). The molecule has 0 bridgehead atoms. The smallest absolute Gasteiger partial charge is 0.421 e. The van der Waals surface area contributed by atoms with Crippen LogP contribution in [0, 0.1) is 17.5 Å². The van der Waals surface area contributed by atoms with Gasteiger partial charge in [0, 0.05) is 36.1 Å². The van der Waals surface area contributed by atoms with Gasteiger partial charge >= 0.3 is 6.18 Å². The highest BCUT2D eigenvalue weighted by Gasteiger charge is 2.36. The van der Waals surface area contributed by atoms with Crippen LogP contribution in [-0.2, 0) is 19.3 Å². The van der Waals surface area contributed by atoms with Crippen LogP contribution in [0.5, 0.6) is 11.6 Å². The molecule has 0 unspecified atom stereocenters. The second kappa shape index (κ2) is 11.0. The van der Waals surface area contributed by atoms with Crippen LogP contribution in [0.2, 0.25) is 0 Å². The summed E-state index contributed by atoms with van der Waals surface area (Å²) >= 11 is 1.44. The first-order valence-corrected chi connectivity index (χ1v) is 13.4. The molecule has 3 aromatic heterocycles. The lowest BCUT2D eigenvalue weighted by molar-refractivity contribution is -0.138. The molecule has 7 nitrogen and oxygen atoms in total. The van der Waals surface area contributed by atoms with Gasteiger partial charge in [-0.2, -0.15) is 18.2 Å². The summed E-state index contributed by atoms with van der Waals surface area (Å²) < 4.78 is 91.4. The minimum absolute atomic E-state index is 0.0527. The summed E-state index contributed by atoms with van der Waals surface area (Å²) in [6, 6.07) is 11.2. The fourth-order valence-electron chi connectivity index (χ4n) is 4.43. The van der Waals surface area contributed by atoms with Crippen LogP contribution >= 0.6 is 11.3 Å². The Morgan fingerprint density at radius 3 is 2.49 bits per heavy atom. The SMILES string of the molecule is O=c1ncn(Cc2c(F)cc(F)cc2F)c2ccc(Oc3ncc(CNc4ccc5ncsc5c4)cc3C(F)(F)F)cc12. The van der Waals surface area contributed by atoms with E-state index < -0.39 is 52.7 Å². The second-order valence-corrected chi connectivity index (χ2v) is 10.3. The molecule has 218 valence electrons. The Labute approximate surface area is 242 Å². The van der Waals surface area contributed by atoms with Gasteiger partial charge in [-0.15, -0.1) is 11.3 Å². The molecule has 6 aromatic rings. The van der Waals surface area contributed by atoms with E-state index in [1.54, 1.807) is 17.6 Å². The fraction of sp³-hybridized carbons (Fsp3) is 0.103. The minimum atomic E-state index is -4.81. The van der Waals surface area contributed by atoms with Crippen molar-refractivity contribution in [1.82, 2.24) is 19.5 Å². The molecule has 3 heterocycles. The first kappa shape index (κ1) is 28.2. The summed E-state index contributed by atoms with van der Waals surface area (Å²) in [7, 11) is 0. The van der Waals surface area contributed by atoms with Gasteiger partial charge in [0.25, 0.3) is 5.56 Å². The van der Waals surface area contributed by atoms with Crippen LogP contribution in [0.25, 0.3) is 21.1 Å². The quantitative estimate of drug-likeness (QED) is 0.191. The zero-order valence-corrected chi connectivity index (χ0v) is 22.4. The van der Waals surface area contributed by atoms with Crippen molar-refractivity contribution in [3.05, 3.63) is 117 Å². The van der Waals surface area contributed by atoms with E-state index in [9.17, 15) is 31.1 Å². The van der Waals surface area contributed by atoms with Crippen molar-refractivity contribution in [2.75, 3.05) is 5.32 Å². The van der Waals surface area contributed by atoms with Gasteiger partial charge in [-0.25, -0.2) is 23.1 Å². The van der Waals surface area contributed by atoms with Gasteiger partial charge in [0.1, 0.15) is 28.8 Å². The number of benzene rings is 3. The largest absolute Gasteiger partial charge is 0.438 e. The number of hydrogen-bond acceptors (Lipinski definition) is 7. The van der Waals surface area contributed by atoms with Crippen molar-refractivity contribution < 1.29 is 31.1 Å². The lowest BCUT2D eigenvalue weighted by Crippen LogP contribution is -2.15. The number of aromatic nitrogens is 4. The van der Waals surface area contributed by atoms with Crippen LogP contribution in [0.1, 0.15) is 16.7 Å². The Kier molecular flexibility index (Phi) is 7.22. The maximum Gasteiger partial charge on any atom is 0.421 e. The predicted molar refractivity (Wildman–Crippen MR) is 148 cm³/mol. The van der Waals surface area contributed by atoms with Crippen LogP contribution in [-0.4, -0.2) is 19.5 Å². The number of alkyl halides is 3. The molecule has 1 N–H and O–H groups in total. The molecule has 0 fully saturated rings. The number of thiazole rings is 1. The lowest BCUT2D eigenvalue weighted by atomic mass is 10.1. The third kappa shape index (κ3) is 5.86. The maximum absolute atomic E-state index is 14.2. The van der Waals surface area contributed by atoms with Gasteiger partial charge in [-0.05, 0) is 48.0 Å². The summed E-state index contributed by atoms with van der Waals surface area (Å²) in [6.45, 7) is -0.383. The number of anilines is 1. The summed E-state index contributed by atoms with van der Waals surface area (Å²) in [5, 5.41) is 2.98. The highest BCUT2D eigenvalue weighted by Crippen LogP contribution is 2.38. The van der Waals surface area contributed by atoms with E-state index in [-0.39, 0.29) is 28.8 Å². The Morgan fingerprint density at radius 2 is 1.72 bits per heavy atom. The van der Waals surface area contributed by atoms with Gasteiger partial charge in [0.15, 0.2) is 0 Å². The number of ether oxygens (including phenoxy) is 1. The summed E-state index contributed by atoms with van der Waals surface area (Å²) in [6.07, 6.45) is -2.52. The van der Waals surface area contributed by atoms with Gasteiger partial charge < -0.3 is 14.6 Å². The molecule has 43 heavy (non-hydrogen) atoms. The number of pyridine rings is 1. The average molecular weight is 614 g/mol. The van der Waals surface area contributed by atoms with Gasteiger partial charge in [0.2, 0.25) is 5.88 Å². The van der Waals surface area contributed by atoms with E-state index in [2.05, 4.69) is 20.3 Å². The molecule has 0 aliphatic rings. The Hall–Kier alpha value is -4.98. The average Bonchev–Trinajstić information content (AvgIpc) is 3.43.